The van der Waals surface area contributed by atoms with Crippen LogP contribution < -0.4 is 4.74 Å². The van der Waals surface area contributed by atoms with Crippen molar-refractivity contribution in [2.45, 2.75) is 18.5 Å². The highest BCUT2D eigenvalue weighted by Gasteiger charge is 2.49. The summed E-state index contributed by atoms with van der Waals surface area (Å²) in [6, 6.07) is -0.661. The van der Waals surface area contributed by atoms with Crippen LogP contribution in [0.5, 0.6) is 5.75 Å². The fourth-order valence-corrected chi connectivity index (χ4v) is 1.55. The first-order chi connectivity index (χ1) is 10.2. The summed E-state index contributed by atoms with van der Waals surface area (Å²) in [5.74, 6) is -2.33. The van der Waals surface area contributed by atoms with E-state index in [-0.39, 0.29) is 6.07 Å². The molecule has 1 rings (SSSR count). The van der Waals surface area contributed by atoms with Crippen LogP contribution in [0.3, 0.4) is 0 Å². The lowest BCUT2D eigenvalue weighted by Gasteiger charge is -2.21. The maximum Gasteiger partial charge on any atom is 0.513 e. The third-order valence-electron chi connectivity index (χ3n) is 2.40. The molecule has 0 aliphatic heterocycles. The topological polar surface area (TPSA) is 35.5 Å². The minimum atomic E-state index is -5.88. The predicted octanol–water partition coefficient (Wildman–Crippen LogP) is 4.89. The molecule has 0 N–H and O–H groups in total. The second-order valence-corrected chi connectivity index (χ2v) is 3.91. The molecule has 0 aromatic heterocycles. The molecule has 0 fully saturated rings. The van der Waals surface area contributed by atoms with Gasteiger partial charge < -0.3 is 9.47 Å². The van der Waals surface area contributed by atoms with E-state index >= 15 is 0 Å². The Morgan fingerprint density at radius 3 is 1.61 bits per heavy atom. The van der Waals surface area contributed by atoms with Crippen molar-refractivity contribution < 1.29 is 53.8 Å². The largest absolute Gasteiger partial charge is 0.513 e. The lowest BCUT2D eigenvalue weighted by molar-refractivity contribution is -0.164. The molecule has 1 aromatic carbocycles. The summed E-state index contributed by atoms with van der Waals surface area (Å²) in [6.07, 6.45) is -19.1. The molecule has 0 bridgehead atoms. The van der Waals surface area contributed by atoms with Crippen LogP contribution in [-0.4, -0.2) is 13.3 Å². The van der Waals surface area contributed by atoms with Crippen molar-refractivity contribution in [1.82, 2.24) is 0 Å². The SMILES string of the molecule is COC(=O)Oc1c(C(F)(F)F)ccc(C(F)(F)F)c1C(F)(F)F. The van der Waals surface area contributed by atoms with E-state index < -0.39 is 53.2 Å². The second-order valence-electron chi connectivity index (χ2n) is 3.91. The smallest absolute Gasteiger partial charge is 0.437 e. The first-order valence-electron chi connectivity index (χ1n) is 5.34. The molecule has 0 heterocycles. The van der Waals surface area contributed by atoms with Gasteiger partial charge in [0.25, 0.3) is 0 Å². The number of benzene rings is 1. The molecule has 0 spiro atoms. The minimum absolute atomic E-state index is 0.268. The lowest BCUT2D eigenvalue weighted by atomic mass is 10.0. The Hall–Kier alpha value is -2.14. The minimum Gasteiger partial charge on any atom is -0.437 e. The van der Waals surface area contributed by atoms with E-state index in [1.165, 1.54) is 0 Å². The highest BCUT2D eigenvalue weighted by atomic mass is 19.4. The van der Waals surface area contributed by atoms with Crippen LogP contribution in [0.2, 0.25) is 0 Å². The summed E-state index contributed by atoms with van der Waals surface area (Å²) in [5, 5.41) is 0. The Morgan fingerprint density at radius 2 is 1.26 bits per heavy atom. The van der Waals surface area contributed by atoms with Crippen LogP contribution in [0.15, 0.2) is 12.1 Å². The van der Waals surface area contributed by atoms with E-state index in [0.717, 1.165) is 0 Å². The quantitative estimate of drug-likeness (QED) is 0.408. The maximum atomic E-state index is 12.9. The molecule has 3 nitrogen and oxygen atoms in total. The summed E-state index contributed by atoms with van der Waals surface area (Å²) in [5.41, 5.74) is -7.41. The van der Waals surface area contributed by atoms with Gasteiger partial charge in [0.05, 0.1) is 18.2 Å². The van der Waals surface area contributed by atoms with Gasteiger partial charge in [-0.05, 0) is 12.1 Å². The molecule has 130 valence electrons. The number of halogens is 9. The number of ether oxygens (including phenoxy) is 2. The highest BCUT2D eigenvalue weighted by Crippen LogP contribution is 2.49. The first-order valence-corrected chi connectivity index (χ1v) is 5.34. The zero-order chi connectivity index (χ0) is 18.2. The van der Waals surface area contributed by atoms with Crippen molar-refractivity contribution in [3.63, 3.8) is 0 Å². The Kier molecular flexibility index (Phi) is 4.78. The van der Waals surface area contributed by atoms with Gasteiger partial charge in [-0.1, -0.05) is 0 Å². The van der Waals surface area contributed by atoms with E-state index in [9.17, 15) is 44.3 Å². The molecule has 0 unspecified atom stereocenters. The van der Waals surface area contributed by atoms with Gasteiger partial charge >= 0.3 is 24.7 Å². The molecule has 0 saturated heterocycles. The van der Waals surface area contributed by atoms with Crippen LogP contribution in [0, 0.1) is 0 Å². The number of carbonyl (C=O) groups is 1. The number of methoxy groups -OCH3 is 1. The Balaban J connectivity index is 3.84. The number of rotatable bonds is 1. The molecule has 0 aliphatic rings. The van der Waals surface area contributed by atoms with E-state index in [0.29, 0.717) is 7.11 Å². The molecular weight excluding hydrogens is 351 g/mol. The third-order valence-corrected chi connectivity index (χ3v) is 2.40. The number of hydrogen-bond donors (Lipinski definition) is 0. The molecule has 0 radical (unpaired) electrons. The molecule has 0 saturated carbocycles. The molecule has 0 atom stereocenters. The summed E-state index contributed by atoms with van der Waals surface area (Å²) in [6.45, 7) is 0. The van der Waals surface area contributed by atoms with Crippen molar-refractivity contribution >= 4 is 6.16 Å². The Labute approximate surface area is 121 Å². The van der Waals surface area contributed by atoms with Gasteiger partial charge in [0.15, 0.2) is 5.75 Å². The second kappa shape index (κ2) is 5.81. The van der Waals surface area contributed by atoms with Gasteiger partial charge in [-0.15, -0.1) is 0 Å². The van der Waals surface area contributed by atoms with Gasteiger partial charge in [-0.2, -0.15) is 39.5 Å². The average Bonchev–Trinajstić information content (AvgIpc) is 2.34. The molecule has 0 aliphatic carbocycles. The number of hydrogen-bond acceptors (Lipinski definition) is 3. The van der Waals surface area contributed by atoms with Gasteiger partial charge in [0, 0.05) is 0 Å². The van der Waals surface area contributed by atoms with E-state index in [1.807, 2.05) is 0 Å². The summed E-state index contributed by atoms with van der Waals surface area (Å²) in [4.78, 5) is 10.8. The zero-order valence-corrected chi connectivity index (χ0v) is 10.8. The fraction of sp³-hybridized carbons (Fsp3) is 0.364. The summed E-state index contributed by atoms with van der Waals surface area (Å²) < 4.78 is 122. The van der Waals surface area contributed by atoms with Crippen molar-refractivity contribution in [2.75, 3.05) is 7.11 Å². The van der Waals surface area contributed by atoms with Crippen LogP contribution in [0.4, 0.5) is 44.3 Å². The van der Waals surface area contributed by atoms with E-state index in [2.05, 4.69) is 9.47 Å². The normalized spacial score (nSPS) is 13.0. The van der Waals surface area contributed by atoms with Crippen LogP contribution in [-0.2, 0) is 23.3 Å². The van der Waals surface area contributed by atoms with Crippen molar-refractivity contribution in [3.8, 4) is 5.75 Å². The molecule has 0 amide bonds. The monoisotopic (exact) mass is 356 g/mol. The standard InChI is InChI=1S/C11H5F9O3/c1-22-8(21)23-7-5(10(15,16)17)3-2-4(9(12,13)14)6(7)11(18,19)20/h2-3H,1H3. The van der Waals surface area contributed by atoms with E-state index in [1.54, 1.807) is 0 Å². The van der Waals surface area contributed by atoms with E-state index in [4.69, 9.17) is 0 Å². The Morgan fingerprint density at radius 1 is 0.826 bits per heavy atom. The summed E-state index contributed by atoms with van der Waals surface area (Å²) >= 11 is 0. The Bertz CT molecular complexity index is 598. The van der Waals surface area contributed by atoms with Gasteiger partial charge in [0.1, 0.15) is 5.56 Å². The maximum absolute atomic E-state index is 12.9. The lowest BCUT2D eigenvalue weighted by Crippen LogP contribution is -2.23. The predicted molar refractivity (Wildman–Crippen MR) is 54.5 cm³/mol. The first kappa shape index (κ1) is 18.9. The average molecular weight is 356 g/mol. The van der Waals surface area contributed by atoms with Gasteiger partial charge in [0.2, 0.25) is 0 Å². The van der Waals surface area contributed by atoms with Crippen LogP contribution in [0.25, 0.3) is 0 Å². The number of alkyl halides is 9. The third kappa shape index (κ3) is 4.20. The molecule has 23 heavy (non-hydrogen) atoms. The van der Waals surface area contributed by atoms with Gasteiger partial charge in [-0.3, -0.25) is 0 Å². The zero-order valence-electron chi connectivity index (χ0n) is 10.8. The van der Waals surface area contributed by atoms with Crippen molar-refractivity contribution in [3.05, 3.63) is 28.8 Å². The van der Waals surface area contributed by atoms with Gasteiger partial charge in [-0.25, -0.2) is 4.79 Å². The van der Waals surface area contributed by atoms with Crippen LogP contribution >= 0.6 is 0 Å². The fourth-order valence-electron chi connectivity index (χ4n) is 1.55. The van der Waals surface area contributed by atoms with Crippen LogP contribution in [0.1, 0.15) is 16.7 Å². The molecule has 12 heteroatoms. The van der Waals surface area contributed by atoms with Crippen molar-refractivity contribution in [2.24, 2.45) is 0 Å². The number of carbonyl (C=O) groups excluding carboxylic acids is 1. The molecular formula is C11H5F9O3. The summed E-state index contributed by atoms with van der Waals surface area (Å²) in [7, 11) is 0.552. The van der Waals surface area contributed by atoms with Crippen molar-refractivity contribution in [1.29, 1.82) is 0 Å². The molecule has 1 aromatic rings. The highest BCUT2D eigenvalue weighted by molar-refractivity contribution is 5.66.